The molecule has 6 nitrogen and oxygen atoms in total. The summed E-state index contributed by atoms with van der Waals surface area (Å²) in [4.78, 5) is 6.50. The second-order valence-corrected chi connectivity index (χ2v) is 4.32. The van der Waals surface area contributed by atoms with Crippen LogP contribution in [0.25, 0.3) is 0 Å². The molecule has 1 atom stereocenters. The molecular formula is C11H20N4O2. The summed E-state index contributed by atoms with van der Waals surface area (Å²) in [5, 5.41) is 7.20. The Labute approximate surface area is 101 Å². The Morgan fingerprint density at radius 2 is 2.18 bits per heavy atom. The second-order valence-electron chi connectivity index (χ2n) is 4.32. The fraction of sp³-hybridized carbons (Fsp3) is 0.818. The first-order valence-electron chi connectivity index (χ1n) is 6.12. The van der Waals surface area contributed by atoms with Gasteiger partial charge in [-0.3, -0.25) is 0 Å². The van der Waals surface area contributed by atoms with E-state index < -0.39 is 0 Å². The summed E-state index contributed by atoms with van der Waals surface area (Å²) >= 11 is 0. The SMILES string of the molecule is CNC(C)CCc1nc(N2CCOCC2)no1. The Morgan fingerprint density at radius 3 is 2.88 bits per heavy atom. The predicted octanol–water partition coefficient (Wildman–Crippen LogP) is 0.447. The number of nitrogens with zero attached hydrogens (tertiary/aromatic N) is 3. The quantitative estimate of drug-likeness (QED) is 0.806. The van der Waals surface area contributed by atoms with Gasteiger partial charge in [-0.15, -0.1) is 0 Å². The fourth-order valence-corrected chi connectivity index (χ4v) is 1.72. The minimum absolute atomic E-state index is 0.466. The van der Waals surface area contributed by atoms with Crippen LogP contribution in [0.4, 0.5) is 5.95 Å². The van der Waals surface area contributed by atoms with Crippen molar-refractivity contribution >= 4 is 5.95 Å². The lowest BCUT2D eigenvalue weighted by molar-refractivity contribution is 0.121. The first kappa shape index (κ1) is 12.3. The van der Waals surface area contributed by atoms with E-state index in [2.05, 4.69) is 27.3 Å². The molecule has 1 aliphatic rings. The third kappa shape index (κ3) is 3.41. The molecule has 2 heterocycles. The van der Waals surface area contributed by atoms with Crippen molar-refractivity contribution in [2.75, 3.05) is 38.3 Å². The summed E-state index contributed by atoms with van der Waals surface area (Å²) in [5.74, 6) is 1.41. The smallest absolute Gasteiger partial charge is 0.266 e. The summed E-state index contributed by atoms with van der Waals surface area (Å²) < 4.78 is 10.5. The van der Waals surface area contributed by atoms with E-state index in [1.54, 1.807) is 0 Å². The van der Waals surface area contributed by atoms with Crippen molar-refractivity contribution in [3.63, 3.8) is 0 Å². The molecule has 2 rings (SSSR count). The van der Waals surface area contributed by atoms with Crippen LogP contribution in [0, 0.1) is 0 Å². The molecule has 0 aliphatic carbocycles. The van der Waals surface area contributed by atoms with Gasteiger partial charge >= 0.3 is 0 Å². The number of aromatic nitrogens is 2. The van der Waals surface area contributed by atoms with Gasteiger partial charge in [-0.2, -0.15) is 4.98 Å². The van der Waals surface area contributed by atoms with E-state index in [1.807, 2.05) is 7.05 Å². The highest BCUT2D eigenvalue weighted by Crippen LogP contribution is 2.12. The van der Waals surface area contributed by atoms with Gasteiger partial charge < -0.3 is 19.5 Å². The van der Waals surface area contributed by atoms with Gasteiger partial charge in [-0.25, -0.2) is 0 Å². The standard InChI is InChI=1S/C11H20N4O2/c1-9(12-2)3-4-10-13-11(14-17-10)15-5-7-16-8-6-15/h9,12H,3-8H2,1-2H3. The number of hydrogen-bond acceptors (Lipinski definition) is 6. The zero-order chi connectivity index (χ0) is 12.1. The lowest BCUT2D eigenvalue weighted by atomic mass is 10.2. The molecule has 1 aromatic rings. The molecule has 0 bridgehead atoms. The van der Waals surface area contributed by atoms with Gasteiger partial charge in [-0.05, 0) is 25.5 Å². The van der Waals surface area contributed by atoms with Crippen LogP contribution in [-0.4, -0.2) is 49.5 Å². The van der Waals surface area contributed by atoms with Crippen LogP contribution >= 0.6 is 0 Å². The van der Waals surface area contributed by atoms with E-state index in [0.29, 0.717) is 17.9 Å². The van der Waals surface area contributed by atoms with Gasteiger partial charge in [0, 0.05) is 25.6 Å². The minimum atomic E-state index is 0.466. The lowest BCUT2D eigenvalue weighted by Gasteiger charge is -2.24. The third-order valence-corrected chi connectivity index (χ3v) is 3.04. The highest BCUT2D eigenvalue weighted by atomic mass is 16.5. The Kier molecular flexibility index (Phi) is 4.33. The van der Waals surface area contributed by atoms with E-state index >= 15 is 0 Å². The van der Waals surface area contributed by atoms with Gasteiger partial charge in [0.15, 0.2) is 0 Å². The average Bonchev–Trinajstić information content (AvgIpc) is 2.86. The van der Waals surface area contributed by atoms with Crippen molar-refractivity contribution in [3.05, 3.63) is 5.89 Å². The van der Waals surface area contributed by atoms with Gasteiger partial charge in [-0.1, -0.05) is 0 Å². The summed E-state index contributed by atoms with van der Waals surface area (Å²) in [5.41, 5.74) is 0. The molecule has 1 aromatic heterocycles. The molecule has 0 aromatic carbocycles. The van der Waals surface area contributed by atoms with Gasteiger partial charge in [0.2, 0.25) is 5.89 Å². The summed E-state index contributed by atoms with van der Waals surface area (Å²) in [6.07, 6.45) is 1.82. The van der Waals surface area contributed by atoms with Crippen molar-refractivity contribution < 1.29 is 9.26 Å². The number of hydrogen-bond donors (Lipinski definition) is 1. The van der Waals surface area contributed by atoms with E-state index in [4.69, 9.17) is 9.26 Å². The molecule has 96 valence electrons. The molecule has 1 N–H and O–H groups in total. The molecule has 1 fully saturated rings. The maximum Gasteiger partial charge on any atom is 0.266 e. The summed E-state index contributed by atoms with van der Waals surface area (Å²) in [6, 6.07) is 0.466. The molecule has 17 heavy (non-hydrogen) atoms. The van der Waals surface area contributed by atoms with Crippen molar-refractivity contribution in [1.29, 1.82) is 0 Å². The predicted molar refractivity (Wildman–Crippen MR) is 64.2 cm³/mol. The van der Waals surface area contributed by atoms with E-state index in [-0.39, 0.29) is 0 Å². The summed E-state index contributed by atoms with van der Waals surface area (Å²) in [7, 11) is 1.96. The van der Waals surface area contributed by atoms with Crippen LogP contribution < -0.4 is 10.2 Å². The number of rotatable bonds is 5. The Morgan fingerprint density at radius 1 is 1.41 bits per heavy atom. The molecule has 0 saturated carbocycles. The van der Waals surface area contributed by atoms with Crippen molar-refractivity contribution in [2.45, 2.75) is 25.8 Å². The van der Waals surface area contributed by atoms with Gasteiger partial charge in [0.05, 0.1) is 13.2 Å². The highest BCUT2D eigenvalue weighted by molar-refractivity contribution is 5.27. The molecular weight excluding hydrogens is 220 g/mol. The first-order valence-corrected chi connectivity index (χ1v) is 6.12. The van der Waals surface area contributed by atoms with Crippen molar-refractivity contribution in [2.24, 2.45) is 0 Å². The normalized spacial score (nSPS) is 18.4. The highest BCUT2D eigenvalue weighted by Gasteiger charge is 2.17. The molecule has 1 saturated heterocycles. The second kappa shape index (κ2) is 5.97. The fourth-order valence-electron chi connectivity index (χ4n) is 1.72. The largest absolute Gasteiger partial charge is 0.378 e. The number of ether oxygens (including phenoxy) is 1. The first-order chi connectivity index (χ1) is 8.29. The molecule has 1 aliphatic heterocycles. The Hall–Kier alpha value is -1.14. The van der Waals surface area contributed by atoms with Crippen molar-refractivity contribution in [3.8, 4) is 0 Å². The monoisotopic (exact) mass is 240 g/mol. The van der Waals surface area contributed by atoms with Crippen LogP contribution in [0.3, 0.4) is 0 Å². The molecule has 0 amide bonds. The van der Waals surface area contributed by atoms with Crippen molar-refractivity contribution in [1.82, 2.24) is 15.5 Å². The number of nitrogens with one attached hydrogen (secondary N) is 1. The van der Waals surface area contributed by atoms with E-state index in [1.165, 1.54) is 0 Å². The molecule has 0 spiro atoms. The maximum atomic E-state index is 5.29. The third-order valence-electron chi connectivity index (χ3n) is 3.04. The number of anilines is 1. The molecule has 0 radical (unpaired) electrons. The maximum absolute atomic E-state index is 5.29. The van der Waals surface area contributed by atoms with Crippen LogP contribution in [0.15, 0.2) is 4.52 Å². The van der Waals surface area contributed by atoms with E-state index in [9.17, 15) is 0 Å². The Bertz CT molecular complexity index is 336. The summed E-state index contributed by atoms with van der Waals surface area (Å²) in [6.45, 7) is 5.29. The number of aryl methyl sites for hydroxylation is 1. The van der Waals surface area contributed by atoms with Crippen LogP contribution in [-0.2, 0) is 11.2 Å². The lowest BCUT2D eigenvalue weighted by Crippen LogP contribution is -2.36. The Balaban J connectivity index is 1.86. The van der Waals surface area contributed by atoms with E-state index in [0.717, 1.165) is 39.1 Å². The minimum Gasteiger partial charge on any atom is -0.378 e. The zero-order valence-electron chi connectivity index (χ0n) is 10.5. The molecule has 1 unspecified atom stereocenters. The number of morpholine rings is 1. The van der Waals surface area contributed by atoms with Crippen LogP contribution in [0.2, 0.25) is 0 Å². The topological polar surface area (TPSA) is 63.4 Å². The zero-order valence-corrected chi connectivity index (χ0v) is 10.5. The van der Waals surface area contributed by atoms with Gasteiger partial charge in [0.25, 0.3) is 5.95 Å². The van der Waals surface area contributed by atoms with Crippen LogP contribution in [0.5, 0.6) is 0 Å². The average molecular weight is 240 g/mol. The molecule has 6 heteroatoms. The van der Waals surface area contributed by atoms with Gasteiger partial charge in [0.1, 0.15) is 0 Å². The van der Waals surface area contributed by atoms with Crippen LogP contribution in [0.1, 0.15) is 19.2 Å².